The second-order valence-corrected chi connectivity index (χ2v) is 2.77. The first-order valence-corrected chi connectivity index (χ1v) is 4.19. The predicted octanol–water partition coefficient (Wildman–Crippen LogP) is 3.87. The molecule has 0 amide bonds. The van der Waals surface area contributed by atoms with Crippen LogP contribution in [-0.4, -0.2) is 0 Å². The summed E-state index contributed by atoms with van der Waals surface area (Å²) in [4.78, 5) is 0. The third kappa shape index (κ3) is 4.60. The first-order chi connectivity index (χ1) is 5.22. The van der Waals surface area contributed by atoms with Gasteiger partial charge in [-0.2, -0.15) is 0 Å². The Morgan fingerprint density at radius 2 is 1.82 bits per heavy atom. The minimum absolute atomic E-state index is 1.11. The molecule has 62 valence electrons. The van der Waals surface area contributed by atoms with Gasteiger partial charge in [0.2, 0.25) is 0 Å². The van der Waals surface area contributed by atoms with Crippen molar-refractivity contribution in [1.82, 2.24) is 0 Å². The highest BCUT2D eigenvalue weighted by Gasteiger charge is 1.86. The van der Waals surface area contributed by atoms with Gasteiger partial charge in [-0.25, -0.2) is 0 Å². The molecule has 0 radical (unpaired) electrons. The molecule has 0 aliphatic heterocycles. The molecule has 0 nitrogen and oxygen atoms in total. The smallest absolute Gasteiger partial charge is 0.0277 e. The summed E-state index contributed by atoms with van der Waals surface area (Å²) in [7, 11) is 0. The van der Waals surface area contributed by atoms with E-state index in [1.807, 2.05) is 6.92 Å². The Balaban J connectivity index is 4.37. The third-order valence-corrected chi connectivity index (χ3v) is 1.46. The molecule has 0 aliphatic rings. The van der Waals surface area contributed by atoms with E-state index in [2.05, 4.69) is 45.1 Å². The lowest BCUT2D eigenvalue weighted by Gasteiger charge is -1.96. The summed E-state index contributed by atoms with van der Waals surface area (Å²) in [5.74, 6) is 0. The topological polar surface area (TPSA) is 0 Å². The van der Waals surface area contributed by atoms with Crippen molar-refractivity contribution in [2.45, 2.75) is 34.1 Å². The number of rotatable bonds is 3. The molecule has 0 rings (SSSR count). The van der Waals surface area contributed by atoms with Crippen LogP contribution in [0.5, 0.6) is 0 Å². The molecule has 0 aromatic rings. The van der Waals surface area contributed by atoms with E-state index in [0.717, 1.165) is 6.42 Å². The van der Waals surface area contributed by atoms with Gasteiger partial charge in [0.25, 0.3) is 0 Å². The molecule has 0 fully saturated rings. The second kappa shape index (κ2) is 5.96. The standard InChI is InChI=1S/C11H18/c1-5-7-9-11(8-6-2)10(3)4/h6-9H,5H2,1-4H3/b8-6-,9-7-. The summed E-state index contributed by atoms with van der Waals surface area (Å²) in [6.45, 7) is 8.46. The van der Waals surface area contributed by atoms with Crippen LogP contribution >= 0.6 is 0 Å². The quantitative estimate of drug-likeness (QED) is 0.536. The molecule has 0 heteroatoms. The highest BCUT2D eigenvalue weighted by Crippen LogP contribution is 2.06. The fourth-order valence-corrected chi connectivity index (χ4v) is 0.813. The van der Waals surface area contributed by atoms with Crippen molar-refractivity contribution in [2.24, 2.45) is 0 Å². The molecule has 0 heterocycles. The zero-order valence-electron chi connectivity index (χ0n) is 8.02. The van der Waals surface area contributed by atoms with Crippen molar-refractivity contribution in [1.29, 1.82) is 0 Å². The molecule has 0 spiro atoms. The van der Waals surface area contributed by atoms with Gasteiger partial charge in [-0.05, 0) is 32.8 Å². The first kappa shape index (κ1) is 10.2. The van der Waals surface area contributed by atoms with Crippen LogP contribution in [0.3, 0.4) is 0 Å². The van der Waals surface area contributed by atoms with Crippen molar-refractivity contribution >= 4 is 0 Å². The van der Waals surface area contributed by atoms with Crippen LogP contribution in [0.25, 0.3) is 0 Å². The van der Waals surface area contributed by atoms with Crippen molar-refractivity contribution in [2.75, 3.05) is 0 Å². The zero-order valence-corrected chi connectivity index (χ0v) is 8.02. The normalized spacial score (nSPS) is 11.3. The van der Waals surface area contributed by atoms with Gasteiger partial charge in [-0.3, -0.25) is 0 Å². The van der Waals surface area contributed by atoms with Gasteiger partial charge in [-0.1, -0.05) is 36.8 Å². The average Bonchev–Trinajstić information content (AvgIpc) is 1.97. The molecule has 0 unspecified atom stereocenters. The Bertz CT molecular complexity index is 176. The van der Waals surface area contributed by atoms with Crippen LogP contribution in [0.1, 0.15) is 34.1 Å². The van der Waals surface area contributed by atoms with Crippen LogP contribution in [0.4, 0.5) is 0 Å². The molecule has 0 aromatic heterocycles. The van der Waals surface area contributed by atoms with Crippen molar-refractivity contribution in [3.63, 3.8) is 0 Å². The van der Waals surface area contributed by atoms with E-state index < -0.39 is 0 Å². The van der Waals surface area contributed by atoms with Crippen LogP contribution in [0.2, 0.25) is 0 Å². The largest absolute Gasteiger partial charge is 0.0871 e. The summed E-state index contributed by atoms with van der Waals surface area (Å²) in [5, 5.41) is 0. The van der Waals surface area contributed by atoms with Crippen molar-refractivity contribution < 1.29 is 0 Å². The zero-order chi connectivity index (χ0) is 8.69. The van der Waals surface area contributed by atoms with Gasteiger partial charge in [0, 0.05) is 0 Å². The third-order valence-electron chi connectivity index (χ3n) is 1.46. The maximum absolute atomic E-state index is 2.18. The molecule has 0 saturated carbocycles. The van der Waals surface area contributed by atoms with Gasteiger partial charge < -0.3 is 0 Å². The SMILES string of the molecule is C/C=C\C(/C=C\CC)=C(C)C. The van der Waals surface area contributed by atoms with Crippen LogP contribution in [0, 0.1) is 0 Å². The Morgan fingerprint density at radius 1 is 1.18 bits per heavy atom. The Labute approximate surface area is 70.3 Å². The molecular formula is C11H18. The number of allylic oxidation sites excluding steroid dienone is 6. The van der Waals surface area contributed by atoms with E-state index >= 15 is 0 Å². The average molecular weight is 150 g/mol. The molecular weight excluding hydrogens is 132 g/mol. The minimum Gasteiger partial charge on any atom is -0.0871 e. The molecule has 0 aliphatic carbocycles. The first-order valence-electron chi connectivity index (χ1n) is 4.19. The second-order valence-electron chi connectivity index (χ2n) is 2.77. The maximum Gasteiger partial charge on any atom is -0.0277 e. The number of hydrogen-bond donors (Lipinski definition) is 0. The molecule has 11 heavy (non-hydrogen) atoms. The van der Waals surface area contributed by atoms with Gasteiger partial charge >= 0.3 is 0 Å². The fraction of sp³-hybridized carbons (Fsp3) is 0.455. The van der Waals surface area contributed by atoms with Gasteiger partial charge in [0.15, 0.2) is 0 Å². The summed E-state index contributed by atoms with van der Waals surface area (Å²) in [6, 6.07) is 0. The van der Waals surface area contributed by atoms with E-state index in [9.17, 15) is 0 Å². The fourth-order valence-electron chi connectivity index (χ4n) is 0.813. The lowest BCUT2D eigenvalue weighted by atomic mass is 10.1. The van der Waals surface area contributed by atoms with Crippen molar-refractivity contribution in [3.8, 4) is 0 Å². The maximum atomic E-state index is 2.18. The highest BCUT2D eigenvalue weighted by molar-refractivity contribution is 5.33. The van der Waals surface area contributed by atoms with E-state index in [1.54, 1.807) is 0 Å². The molecule has 0 aromatic carbocycles. The minimum atomic E-state index is 1.11. The summed E-state index contributed by atoms with van der Waals surface area (Å²) in [5.41, 5.74) is 2.70. The number of hydrogen-bond acceptors (Lipinski definition) is 0. The lowest BCUT2D eigenvalue weighted by molar-refractivity contribution is 1.21. The van der Waals surface area contributed by atoms with E-state index in [-0.39, 0.29) is 0 Å². The van der Waals surface area contributed by atoms with Crippen LogP contribution in [0.15, 0.2) is 35.5 Å². The Hall–Kier alpha value is -0.780. The molecule has 0 bridgehead atoms. The molecule has 0 saturated heterocycles. The van der Waals surface area contributed by atoms with Crippen LogP contribution < -0.4 is 0 Å². The molecule has 0 atom stereocenters. The highest BCUT2D eigenvalue weighted by atomic mass is 13.9. The van der Waals surface area contributed by atoms with Crippen LogP contribution in [-0.2, 0) is 0 Å². The summed E-state index contributed by atoms with van der Waals surface area (Å²) >= 11 is 0. The summed E-state index contributed by atoms with van der Waals surface area (Å²) < 4.78 is 0. The predicted molar refractivity (Wildman–Crippen MR) is 52.6 cm³/mol. The summed E-state index contributed by atoms with van der Waals surface area (Å²) in [6.07, 6.45) is 9.68. The Morgan fingerprint density at radius 3 is 2.18 bits per heavy atom. The van der Waals surface area contributed by atoms with Gasteiger partial charge in [-0.15, -0.1) is 0 Å². The monoisotopic (exact) mass is 150 g/mol. The van der Waals surface area contributed by atoms with E-state index in [4.69, 9.17) is 0 Å². The molecule has 0 N–H and O–H groups in total. The van der Waals surface area contributed by atoms with E-state index in [1.165, 1.54) is 11.1 Å². The Kier molecular flexibility index (Phi) is 5.54. The van der Waals surface area contributed by atoms with Gasteiger partial charge in [0.05, 0.1) is 0 Å². The lowest BCUT2D eigenvalue weighted by Crippen LogP contribution is -1.75. The van der Waals surface area contributed by atoms with Gasteiger partial charge in [0.1, 0.15) is 0 Å². The van der Waals surface area contributed by atoms with E-state index in [0.29, 0.717) is 0 Å². The van der Waals surface area contributed by atoms with Crippen molar-refractivity contribution in [3.05, 3.63) is 35.5 Å².